The summed E-state index contributed by atoms with van der Waals surface area (Å²) in [4.78, 5) is 30.7. The van der Waals surface area contributed by atoms with E-state index in [1.807, 2.05) is 30.5 Å². The number of piperidine rings is 1. The van der Waals surface area contributed by atoms with Gasteiger partial charge < -0.3 is 10.2 Å². The van der Waals surface area contributed by atoms with Gasteiger partial charge in [-0.1, -0.05) is 30.3 Å². The molecule has 1 aromatic heterocycles. The van der Waals surface area contributed by atoms with Crippen molar-refractivity contribution >= 4 is 44.4 Å². The van der Waals surface area contributed by atoms with E-state index < -0.39 is 10.0 Å². The van der Waals surface area contributed by atoms with Crippen LogP contribution < -0.4 is 10.0 Å². The van der Waals surface area contributed by atoms with Gasteiger partial charge in [-0.05, 0) is 31.4 Å². The van der Waals surface area contributed by atoms with E-state index in [-0.39, 0.29) is 30.7 Å². The summed E-state index contributed by atoms with van der Waals surface area (Å²) >= 11 is 1.39. The average Bonchev–Trinajstić information content (AvgIpc) is 3.17. The Kier molecular flexibility index (Phi) is 7.94. The zero-order valence-electron chi connectivity index (χ0n) is 17.3. The van der Waals surface area contributed by atoms with Crippen molar-refractivity contribution in [1.82, 2.24) is 14.6 Å². The average molecular weight is 463 g/mol. The van der Waals surface area contributed by atoms with Crippen LogP contribution in [0.4, 0.5) is 5.13 Å². The predicted molar refractivity (Wildman–Crippen MR) is 122 cm³/mol. The van der Waals surface area contributed by atoms with Crippen LogP contribution >= 0.6 is 11.3 Å². The Hall–Kier alpha value is -2.56. The first kappa shape index (κ1) is 23.1. The summed E-state index contributed by atoms with van der Waals surface area (Å²) in [6, 6.07) is 9.11. The van der Waals surface area contributed by atoms with Gasteiger partial charge in [-0.3, -0.25) is 9.59 Å². The number of carbonyl (C=O) groups excluding carboxylic acids is 2. The molecule has 0 aliphatic carbocycles. The fourth-order valence-corrected chi connectivity index (χ4v) is 4.76. The molecule has 1 fully saturated rings. The highest BCUT2D eigenvalue weighted by Crippen LogP contribution is 2.21. The molecular formula is C21H26N4O4S2. The summed E-state index contributed by atoms with van der Waals surface area (Å²) in [5.41, 5.74) is 1.65. The first-order chi connectivity index (χ1) is 14.8. The summed E-state index contributed by atoms with van der Waals surface area (Å²) in [6.07, 6.45) is 2.74. The normalized spacial score (nSPS) is 15.3. The number of aromatic nitrogens is 1. The molecule has 1 saturated heterocycles. The van der Waals surface area contributed by atoms with Crippen LogP contribution in [0.1, 0.15) is 30.5 Å². The molecule has 2 heterocycles. The van der Waals surface area contributed by atoms with Gasteiger partial charge in [0.25, 0.3) is 0 Å². The smallest absolute Gasteiger partial charge is 0.233 e. The Morgan fingerprint density at radius 3 is 2.58 bits per heavy atom. The Balaban J connectivity index is 1.38. The molecule has 31 heavy (non-hydrogen) atoms. The molecule has 1 aromatic carbocycles. The number of benzene rings is 1. The topological polar surface area (TPSA) is 108 Å². The van der Waals surface area contributed by atoms with Crippen LogP contribution in [-0.4, -0.2) is 49.8 Å². The number of rotatable bonds is 8. The van der Waals surface area contributed by atoms with Crippen molar-refractivity contribution in [2.45, 2.75) is 26.2 Å². The van der Waals surface area contributed by atoms with E-state index in [9.17, 15) is 18.0 Å². The monoisotopic (exact) mass is 462 g/mol. The second-order valence-corrected chi connectivity index (χ2v) is 9.85. The number of aryl methyl sites for hydroxylation is 1. The molecule has 166 valence electrons. The van der Waals surface area contributed by atoms with Crippen LogP contribution in [0.2, 0.25) is 0 Å². The molecule has 0 saturated carbocycles. The van der Waals surface area contributed by atoms with Gasteiger partial charge in [-0.2, -0.15) is 0 Å². The largest absolute Gasteiger partial charge is 0.343 e. The number of sulfonamides is 1. The van der Waals surface area contributed by atoms with Crippen molar-refractivity contribution in [2.24, 2.45) is 5.92 Å². The van der Waals surface area contributed by atoms with Crippen molar-refractivity contribution in [3.8, 4) is 0 Å². The number of amides is 2. The van der Waals surface area contributed by atoms with Crippen molar-refractivity contribution in [3.05, 3.63) is 52.4 Å². The van der Waals surface area contributed by atoms with E-state index in [0.717, 1.165) is 16.7 Å². The van der Waals surface area contributed by atoms with E-state index >= 15 is 0 Å². The number of nitrogens with zero attached hydrogens (tertiary/aromatic N) is 2. The van der Waals surface area contributed by atoms with Crippen LogP contribution in [0.25, 0.3) is 6.08 Å². The number of nitrogens with one attached hydrogen (secondary N) is 2. The van der Waals surface area contributed by atoms with Gasteiger partial charge >= 0.3 is 0 Å². The van der Waals surface area contributed by atoms with E-state index in [1.165, 1.54) is 17.4 Å². The molecular weight excluding hydrogens is 436 g/mol. The lowest BCUT2D eigenvalue weighted by Gasteiger charge is -2.31. The van der Waals surface area contributed by atoms with Crippen LogP contribution in [0.3, 0.4) is 0 Å². The van der Waals surface area contributed by atoms with Crippen molar-refractivity contribution in [1.29, 1.82) is 0 Å². The number of anilines is 1. The standard InChI is InChI=1S/C21H26N4O4S2/c1-16-15-30-21(23-16)24-20(27)18-8-12-25(13-9-18)19(26)7-11-22-31(28,29)14-10-17-5-3-2-4-6-17/h2-6,10,14-15,18,22H,7-9,11-13H2,1H3,(H,23,24,27). The van der Waals surface area contributed by atoms with Crippen LogP contribution in [0, 0.1) is 12.8 Å². The maximum absolute atomic E-state index is 12.4. The van der Waals surface area contributed by atoms with E-state index in [0.29, 0.717) is 31.1 Å². The van der Waals surface area contributed by atoms with Crippen LogP contribution in [0.15, 0.2) is 41.1 Å². The van der Waals surface area contributed by atoms with Crippen LogP contribution in [-0.2, 0) is 19.6 Å². The number of thiazole rings is 1. The minimum absolute atomic E-state index is 0.0319. The summed E-state index contributed by atoms with van der Waals surface area (Å²) in [6.45, 7) is 2.86. The molecule has 3 rings (SSSR count). The van der Waals surface area contributed by atoms with Gasteiger partial charge in [0.15, 0.2) is 5.13 Å². The van der Waals surface area contributed by atoms with Crippen molar-refractivity contribution < 1.29 is 18.0 Å². The summed E-state index contributed by atoms with van der Waals surface area (Å²) in [5, 5.41) is 6.40. The molecule has 0 atom stereocenters. The zero-order chi connectivity index (χ0) is 22.3. The minimum Gasteiger partial charge on any atom is -0.343 e. The number of hydrogen-bond acceptors (Lipinski definition) is 6. The van der Waals surface area contributed by atoms with E-state index in [4.69, 9.17) is 0 Å². The fourth-order valence-electron chi connectivity index (χ4n) is 3.25. The Bertz CT molecular complexity index is 1030. The summed E-state index contributed by atoms with van der Waals surface area (Å²) in [5.74, 6) is -0.349. The number of likely N-dealkylation sites (tertiary alicyclic amines) is 1. The van der Waals surface area contributed by atoms with Gasteiger partial charge in [0, 0.05) is 42.8 Å². The molecule has 2 amide bonds. The molecule has 0 bridgehead atoms. The molecule has 0 spiro atoms. The Morgan fingerprint density at radius 1 is 1.23 bits per heavy atom. The third-order valence-corrected chi connectivity index (χ3v) is 6.93. The third kappa shape index (κ3) is 7.27. The maximum Gasteiger partial charge on any atom is 0.233 e. The molecule has 2 aromatic rings. The van der Waals surface area contributed by atoms with E-state index in [1.54, 1.807) is 17.0 Å². The second-order valence-electron chi connectivity index (χ2n) is 7.34. The van der Waals surface area contributed by atoms with Crippen molar-refractivity contribution in [2.75, 3.05) is 25.0 Å². The lowest BCUT2D eigenvalue weighted by atomic mass is 9.96. The van der Waals surface area contributed by atoms with Gasteiger partial charge in [0.05, 0.1) is 5.69 Å². The summed E-state index contributed by atoms with van der Waals surface area (Å²) < 4.78 is 26.5. The Morgan fingerprint density at radius 2 is 1.94 bits per heavy atom. The van der Waals surface area contributed by atoms with Gasteiger partial charge in [0.2, 0.25) is 21.8 Å². The highest BCUT2D eigenvalue weighted by molar-refractivity contribution is 7.92. The van der Waals surface area contributed by atoms with Gasteiger partial charge in [-0.15, -0.1) is 11.3 Å². The molecule has 1 aliphatic rings. The lowest BCUT2D eigenvalue weighted by Crippen LogP contribution is -2.42. The highest BCUT2D eigenvalue weighted by atomic mass is 32.2. The number of hydrogen-bond donors (Lipinski definition) is 2. The molecule has 0 radical (unpaired) electrons. The SMILES string of the molecule is Cc1csc(NC(=O)C2CCN(C(=O)CCNS(=O)(=O)C=Cc3ccccc3)CC2)n1. The molecule has 2 N–H and O–H groups in total. The number of carbonyl (C=O) groups is 2. The van der Waals surface area contributed by atoms with Gasteiger partial charge in [0.1, 0.15) is 0 Å². The quantitative estimate of drug-likeness (QED) is 0.627. The second kappa shape index (κ2) is 10.7. The van der Waals surface area contributed by atoms with E-state index in [2.05, 4.69) is 15.0 Å². The molecule has 10 heteroatoms. The molecule has 0 unspecified atom stereocenters. The Labute approximate surface area is 186 Å². The zero-order valence-corrected chi connectivity index (χ0v) is 18.9. The maximum atomic E-state index is 12.4. The van der Waals surface area contributed by atoms with Crippen molar-refractivity contribution in [3.63, 3.8) is 0 Å². The molecule has 8 nitrogen and oxygen atoms in total. The predicted octanol–water partition coefficient (Wildman–Crippen LogP) is 2.61. The molecule has 1 aliphatic heterocycles. The van der Waals surface area contributed by atoms with Crippen LogP contribution in [0.5, 0.6) is 0 Å². The van der Waals surface area contributed by atoms with Gasteiger partial charge in [-0.25, -0.2) is 18.1 Å². The first-order valence-electron chi connectivity index (χ1n) is 10.1. The lowest BCUT2D eigenvalue weighted by molar-refractivity contribution is -0.134. The third-order valence-electron chi connectivity index (χ3n) is 4.95. The first-order valence-corrected chi connectivity index (χ1v) is 12.5. The summed E-state index contributed by atoms with van der Waals surface area (Å²) in [7, 11) is -3.61. The highest BCUT2D eigenvalue weighted by Gasteiger charge is 2.27. The minimum atomic E-state index is -3.61. The fraction of sp³-hybridized carbons (Fsp3) is 0.381.